The molecule has 0 amide bonds. The zero-order valence-electron chi connectivity index (χ0n) is 14.0. The maximum atomic E-state index is 11.4. The van der Waals surface area contributed by atoms with Gasteiger partial charge in [0.1, 0.15) is 12.2 Å². The van der Waals surface area contributed by atoms with E-state index < -0.39 is 11.4 Å². The van der Waals surface area contributed by atoms with Crippen molar-refractivity contribution < 1.29 is 24.5 Å². The lowest BCUT2D eigenvalue weighted by Gasteiger charge is -2.20. The van der Waals surface area contributed by atoms with Gasteiger partial charge in [-0.3, -0.25) is 0 Å². The third-order valence-electron chi connectivity index (χ3n) is 2.76. The molecular formula is C15H31NO5. The van der Waals surface area contributed by atoms with Gasteiger partial charge in [0.2, 0.25) is 0 Å². The van der Waals surface area contributed by atoms with E-state index in [1.54, 1.807) is 0 Å². The molecule has 0 bridgehead atoms. The molecule has 1 rings (SSSR count). The number of carbonyl (C=O) groups excluding carboxylic acids is 1. The van der Waals surface area contributed by atoms with Gasteiger partial charge in [-0.2, -0.15) is 0 Å². The van der Waals surface area contributed by atoms with E-state index >= 15 is 0 Å². The molecular weight excluding hydrogens is 274 g/mol. The van der Waals surface area contributed by atoms with Crippen molar-refractivity contribution in [2.24, 2.45) is 11.7 Å². The van der Waals surface area contributed by atoms with Gasteiger partial charge in [0.25, 0.3) is 0 Å². The first kappa shape index (κ1) is 20.3. The summed E-state index contributed by atoms with van der Waals surface area (Å²) in [6, 6.07) is 0.198. The third kappa shape index (κ3) is 12.7. The maximum Gasteiger partial charge on any atom is 0.332 e. The molecule has 1 aliphatic carbocycles. The topological polar surface area (TPSA) is 102 Å². The van der Waals surface area contributed by atoms with Crippen molar-refractivity contribution in [3.8, 4) is 0 Å². The second-order valence-electron chi connectivity index (χ2n) is 7.13. The minimum absolute atomic E-state index is 0.0291. The van der Waals surface area contributed by atoms with Crippen LogP contribution in [0.5, 0.6) is 0 Å². The van der Waals surface area contributed by atoms with E-state index in [2.05, 4.69) is 6.92 Å². The highest BCUT2D eigenvalue weighted by Crippen LogP contribution is 2.26. The fourth-order valence-electron chi connectivity index (χ4n) is 1.91. The summed E-state index contributed by atoms with van der Waals surface area (Å²) in [5.41, 5.74) is 5.44. The summed E-state index contributed by atoms with van der Waals surface area (Å²) in [6.07, 6.45) is 1.88. The number of rotatable bonds is 3. The van der Waals surface area contributed by atoms with E-state index in [1.807, 2.05) is 20.8 Å². The largest absolute Gasteiger partial charge is 0.458 e. The molecule has 1 saturated carbocycles. The first-order chi connectivity index (χ1) is 9.28. The number of carbonyl (C=O) groups is 1. The summed E-state index contributed by atoms with van der Waals surface area (Å²) in [5.74, 6) is -1.33. The summed E-state index contributed by atoms with van der Waals surface area (Å²) in [7, 11) is 0. The van der Waals surface area contributed by atoms with Gasteiger partial charge in [-0.05, 0) is 53.4 Å². The zero-order valence-corrected chi connectivity index (χ0v) is 14.0. The van der Waals surface area contributed by atoms with Gasteiger partial charge in [-0.15, -0.1) is 0 Å². The van der Waals surface area contributed by atoms with Crippen LogP contribution >= 0.6 is 0 Å². The molecule has 4 N–H and O–H groups in total. The molecule has 1 aliphatic rings. The van der Waals surface area contributed by atoms with Crippen LogP contribution in [0.1, 0.15) is 54.4 Å². The molecule has 1 fully saturated rings. The van der Waals surface area contributed by atoms with Gasteiger partial charge in [-0.1, -0.05) is 6.92 Å². The van der Waals surface area contributed by atoms with Crippen molar-refractivity contribution in [2.75, 3.05) is 6.61 Å². The Kier molecular flexibility index (Phi) is 7.81. The van der Waals surface area contributed by atoms with E-state index in [0.29, 0.717) is 5.92 Å². The van der Waals surface area contributed by atoms with Gasteiger partial charge < -0.3 is 25.4 Å². The van der Waals surface area contributed by atoms with Crippen LogP contribution in [0.15, 0.2) is 0 Å². The van der Waals surface area contributed by atoms with Crippen LogP contribution in [0, 0.1) is 5.92 Å². The van der Waals surface area contributed by atoms with Crippen LogP contribution in [-0.2, 0) is 14.3 Å². The second kappa shape index (κ2) is 8.08. The van der Waals surface area contributed by atoms with Crippen LogP contribution in [0.2, 0.25) is 0 Å². The Balaban J connectivity index is 0.000000690. The SMILES string of the molecule is CC(C)(O)O.CC1CC(OCC(=O)OC(C)(C)C)CC1N. The predicted molar refractivity (Wildman–Crippen MR) is 80.5 cm³/mol. The average molecular weight is 305 g/mol. The van der Waals surface area contributed by atoms with E-state index in [1.165, 1.54) is 13.8 Å². The molecule has 0 aromatic heterocycles. The fraction of sp³-hybridized carbons (Fsp3) is 0.933. The van der Waals surface area contributed by atoms with Crippen LogP contribution in [0.4, 0.5) is 0 Å². The number of aliphatic hydroxyl groups is 2. The Hall–Kier alpha value is -0.690. The normalized spacial score (nSPS) is 26.0. The smallest absolute Gasteiger partial charge is 0.332 e. The molecule has 0 heterocycles. The third-order valence-corrected chi connectivity index (χ3v) is 2.76. The lowest BCUT2D eigenvalue weighted by atomic mass is 10.1. The van der Waals surface area contributed by atoms with E-state index in [4.69, 9.17) is 25.4 Å². The van der Waals surface area contributed by atoms with Crippen LogP contribution in [-0.4, -0.2) is 46.3 Å². The number of esters is 1. The van der Waals surface area contributed by atoms with Crippen LogP contribution < -0.4 is 5.73 Å². The minimum Gasteiger partial charge on any atom is -0.458 e. The number of ether oxygens (including phenoxy) is 2. The van der Waals surface area contributed by atoms with Crippen molar-refractivity contribution in [1.29, 1.82) is 0 Å². The Morgan fingerprint density at radius 1 is 1.19 bits per heavy atom. The molecule has 6 heteroatoms. The van der Waals surface area contributed by atoms with Crippen molar-refractivity contribution in [1.82, 2.24) is 0 Å². The van der Waals surface area contributed by atoms with Crippen molar-refractivity contribution in [2.45, 2.75) is 77.9 Å². The monoisotopic (exact) mass is 305 g/mol. The summed E-state index contributed by atoms with van der Waals surface area (Å²) < 4.78 is 10.7. The molecule has 0 radical (unpaired) electrons. The first-order valence-electron chi connectivity index (χ1n) is 7.31. The minimum atomic E-state index is -1.50. The lowest BCUT2D eigenvalue weighted by molar-refractivity contribution is -0.162. The molecule has 0 aliphatic heterocycles. The molecule has 21 heavy (non-hydrogen) atoms. The van der Waals surface area contributed by atoms with E-state index in [9.17, 15) is 4.79 Å². The highest BCUT2D eigenvalue weighted by molar-refractivity contribution is 5.71. The zero-order chi connectivity index (χ0) is 16.8. The maximum absolute atomic E-state index is 11.4. The molecule has 3 atom stereocenters. The molecule has 6 nitrogen and oxygen atoms in total. The molecule has 0 saturated heterocycles. The average Bonchev–Trinajstić information content (AvgIpc) is 2.50. The summed E-state index contributed by atoms with van der Waals surface area (Å²) in [6.45, 7) is 10.3. The lowest BCUT2D eigenvalue weighted by Crippen LogP contribution is -2.28. The van der Waals surface area contributed by atoms with Crippen molar-refractivity contribution >= 4 is 5.97 Å². The quantitative estimate of drug-likeness (QED) is 0.534. The first-order valence-corrected chi connectivity index (χ1v) is 7.31. The number of nitrogens with two attached hydrogens (primary N) is 1. The van der Waals surface area contributed by atoms with Gasteiger partial charge >= 0.3 is 5.97 Å². The molecule has 3 unspecified atom stereocenters. The fourth-order valence-corrected chi connectivity index (χ4v) is 1.91. The Bertz CT molecular complexity index is 303. The number of hydrogen-bond donors (Lipinski definition) is 3. The van der Waals surface area contributed by atoms with Crippen molar-refractivity contribution in [3.05, 3.63) is 0 Å². The van der Waals surface area contributed by atoms with E-state index in [-0.39, 0.29) is 24.7 Å². The standard InChI is InChI=1S/C12H23NO3.C3H8O2/c1-8-5-9(6-10(8)13)15-7-11(14)16-12(2,3)4;1-3(2,4)5/h8-10H,5-7,13H2,1-4H3;4-5H,1-2H3. The molecule has 126 valence electrons. The van der Waals surface area contributed by atoms with Gasteiger partial charge in [0, 0.05) is 6.04 Å². The summed E-state index contributed by atoms with van der Waals surface area (Å²) >= 11 is 0. The van der Waals surface area contributed by atoms with Crippen LogP contribution in [0.25, 0.3) is 0 Å². The van der Waals surface area contributed by atoms with Crippen molar-refractivity contribution in [3.63, 3.8) is 0 Å². The van der Waals surface area contributed by atoms with Gasteiger partial charge in [0.15, 0.2) is 5.79 Å². The van der Waals surface area contributed by atoms with Gasteiger partial charge in [0.05, 0.1) is 6.10 Å². The Morgan fingerprint density at radius 2 is 1.67 bits per heavy atom. The predicted octanol–water partition coefficient (Wildman–Crippen LogP) is 1.18. The Labute approximate surface area is 127 Å². The van der Waals surface area contributed by atoms with Crippen LogP contribution in [0.3, 0.4) is 0 Å². The number of hydrogen-bond acceptors (Lipinski definition) is 6. The molecule has 0 spiro atoms. The molecule has 0 aromatic carbocycles. The highest BCUT2D eigenvalue weighted by atomic mass is 16.6. The summed E-state index contributed by atoms with van der Waals surface area (Å²) in [4.78, 5) is 11.4. The Morgan fingerprint density at radius 3 is 2.00 bits per heavy atom. The van der Waals surface area contributed by atoms with E-state index in [0.717, 1.165) is 12.8 Å². The molecule has 0 aromatic rings. The summed E-state index contributed by atoms with van der Waals surface area (Å²) in [5, 5.41) is 16.2. The highest BCUT2D eigenvalue weighted by Gasteiger charge is 2.30. The second-order valence-corrected chi connectivity index (χ2v) is 7.13. The van der Waals surface area contributed by atoms with Gasteiger partial charge in [-0.25, -0.2) is 4.79 Å².